The SMILES string of the molecule is CCc1ccc(NC(=O)C(Cc2ccccc2)NS(=O)(=O)c2cccs2)cc1. The molecule has 0 aliphatic heterocycles. The molecule has 2 N–H and O–H groups in total. The zero-order chi connectivity index (χ0) is 20.0. The summed E-state index contributed by atoms with van der Waals surface area (Å²) in [4.78, 5) is 12.9. The van der Waals surface area contributed by atoms with E-state index in [1.807, 2.05) is 54.6 Å². The third-order valence-electron chi connectivity index (χ3n) is 4.29. The van der Waals surface area contributed by atoms with Gasteiger partial charge in [-0.15, -0.1) is 11.3 Å². The van der Waals surface area contributed by atoms with E-state index in [-0.39, 0.29) is 10.6 Å². The van der Waals surface area contributed by atoms with Crippen LogP contribution in [0.5, 0.6) is 0 Å². The van der Waals surface area contributed by atoms with E-state index in [2.05, 4.69) is 17.0 Å². The Bertz CT molecular complexity index is 1000. The third-order valence-corrected chi connectivity index (χ3v) is 7.16. The summed E-state index contributed by atoms with van der Waals surface area (Å²) in [7, 11) is -3.78. The number of carbonyl (C=O) groups excluding carboxylic acids is 1. The predicted molar refractivity (Wildman–Crippen MR) is 113 cm³/mol. The van der Waals surface area contributed by atoms with E-state index in [1.165, 1.54) is 6.07 Å². The van der Waals surface area contributed by atoms with Crippen molar-refractivity contribution in [3.63, 3.8) is 0 Å². The largest absolute Gasteiger partial charge is 0.325 e. The summed E-state index contributed by atoms with van der Waals surface area (Å²) in [5.41, 5.74) is 2.67. The van der Waals surface area contributed by atoms with Gasteiger partial charge in [0, 0.05) is 5.69 Å². The van der Waals surface area contributed by atoms with Gasteiger partial charge in [0.2, 0.25) is 5.91 Å². The van der Waals surface area contributed by atoms with Crippen LogP contribution in [0.1, 0.15) is 18.1 Å². The first-order valence-electron chi connectivity index (χ1n) is 8.97. The molecule has 0 saturated carbocycles. The van der Waals surface area contributed by atoms with Crippen LogP contribution in [-0.2, 0) is 27.7 Å². The zero-order valence-electron chi connectivity index (χ0n) is 15.5. The molecular weight excluding hydrogens is 392 g/mol. The molecule has 0 fully saturated rings. The molecule has 0 saturated heterocycles. The van der Waals surface area contributed by atoms with E-state index >= 15 is 0 Å². The highest BCUT2D eigenvalue weighted by atomic mass is 32.2. The molecule has 0 spiro atoms. The number of hydrogen-bond donors (Lipinski definition) is 2. The molecule has 28 heavy (non-hydrogen) atoms. The molecule has 0 bridgehead atoms. The van der Waals surface area contributed by atoms with Gasteiger partial charge in [-0.1, -0.05) is 55.5 Å². The third kappa shape index (κ3) is 5.28. The summed E-state index contributed by atoms with van der Waals surface area (Å²) in [5, 5.41) is 4.51. The van der Waals surface area contributed by atoms with Crippen LogP contribution in [0.25, 0.3) is 0 Å². The Kier molecular flexibility index (Phi) is 6.61. The lowest BCUT2D eigenvalue weighted by molar-refractivity contribution is -0.117. The predicted octanol–water partition coefficient (Wildman–Crippen LogP) is 3.84. The van der Waals surface area contributed by atoms with Crippen molar-refractivity contribution < 1.29 is 13.2 Å². The summed E-state index contributed by atoms with van der Waals surface area (Å²) in [5.74, 6) is -0.395. The minimum absolute atomic E-state index is 0.186. The van der Waals surface area contributed by atoms with Crippen molar-refractivity contribution in [2.45, 2.75) is 30.0 Å². The minimum atomic E-state index is -3.78. The number of sulfonamides is 1. The fourth-order valence-electron chi connectivity index (χ4n) is 2.75. The van der Waals surface area contributed by atoms with Gasteiger partial charge in [0.25, 0.3) is 10.0 Å². The lowest BCUT2D eigenvalue weighted by Gasteiger charge is -2.18. The Balaban J connectivity index is 1.81. The van der Waals surface area contributed by atoms with E-state index in [1.54, 1.807) is 11.4 Å². The second-order valence-corrected chi connectivity index (χ2v) is 9.22. The van der Waals surface area contributed by atoms with Crippen molar-refractivity contribution in [3.8, 4) is 0 Å². The lowest BCUT2D eigenvalue weighted by atomic mass is 10.1. The molecule has 2 aromatic carbocycles. The molecule has 0 radical (unpaired) electrons. The molecule has 1 atom stereocenters. The van der Waals surface area contributed by atoms with Crippen LogP contribution < -0.4 is 10.0 Å². The molecule has 1 aromatic heterocycles. The first kappa shape index (κ1) is 20.3. The van der Waals surface area contributed by atoms with E-state index < -0.39 is 22.0 Å². The summed E-state index contributed by atoms with van der Waals surface area (Å²) in [6.07, 6.45) is 1.16. The number of amides is 1. The zero-order valence-corrected chi connectivity index (χ0v) is 17.1. The van der Waals surface area contributed by atoms with Gasteiger partial charge in [-0.05, 0) is 47.5 Å². The molecule has 5 nitrogen and oxygen atoms in total. The summed E-state index contributed by atoms with van der Waals surface area (Å²) in [6, 6.07) is 19.1. The minimum Gasteiger partial charge on any atom is -0.325 e. The van der Waals surface area contributed by atoms with Crippen LogP contribution in [-0.4, -0.2) is 20.4 Å². The monoisotopic (exact) mass is 414 g/mol. The average Bonchev–Trinajstić information content (AvgIpc) is 3.25. The van der Waals surface area contributed by atoms with Crippen molar-refractivity contribution >= 4 is 33.0 Å². The topological polar surface area (TPSA) is 75.3 Å². The van der Waals surface area contributed by atoms with Gasteiger partial charge in [-0.2, -0.15) is 4.72 Å². The first-order chi connectivity index (χ1) is 13.5. The van der Waals surface area contributed by atoms with E-state index in [0.717, 1.165) is 28.9 Å². The molecule has 0 aliphatic carbocycles. The van der Waals surface area contributed by atoms with Gasteiger partial charge in [0.15, 0.2) is 0 Å². The Labute approximate surface area is 169 Å². The maximum atomic E-state index is 12.9. The van der Waals surface area contributed by atoms with Crippen LogP contribution in [0.2, 0.25) is 0 Å². The molecule has 7 heteroatoms. The number of benzene rings is 2. The molecule has 3 aromatic rings. The Morgan fingerprint density at radius 1 is 0.964 bits per heavy atom. The number of thiophene rings is 1. The van der Waals surface area contributed by atoms with Gasteiger partial charge < -0.3 is 5.32 Å². The molecular formula is C21H22N2O3S2. The molecule has 3 rings (SSSR count). The van der Waals surface area contributed by atoms with Crippen LogP contribution >= 0.6 is 11.3 Å². The number of anilines is 1. The number of aryl methyl sites for hydroxylation is 1. The number of nitrogens with one attached hydrogen (secondary N) is 2. The highest BCUT2D eigenvalue weighted by Crippen LogP contribution is 2.18. The van der Waals surface area contributed by atoms with Gasteiger partial charge in [0.1, 0.15) is 10.3 Å². The van der Waals surface area contributed by atoms with Crippen molar-refractivity contribution in [1.82, 2.24) is 4.72 Å². The Morgan fingerprint density at radius 3 is 2.29 bits per heavy atom. The smallest absolute Gasteiger partial charge is 0.250 e. The number of carbonyl (C=O) groups is 1. The standard InChI is InChI=1S/C21H22N2O3S2/c1-2-16-10-12-18(13-11-16)22-21(24)19(15-17-7-4-3-5-8-17)23-28(25,26)20-9-6-14-27-20/h3-14,19,23H,2,15H2,1H3,(H,22,24). The lowest BCUT2D eigenvalue weighted by Crippen LogP contribution is -2.45. The normalized spacial score (nSPS) is 12.5. The second kappa shape index (κ2) is 9.14. The van der Waals surface area contributed by atoms with Crippen LogP contribution in [0, 0.1) is 0 Å². The van der Waals surface area contributed by atoms with Gasteiger partial charge in [-0.25, -0.2) is 8.42 Å². The fraction of sp³-hybridized carbons (Fsp3) is 0.190. The van der Waals surface area contributed by atoms with Gasteiger partial charge >= 0.3 is 0 Å². The fourth-order valence-corrected chi connectivity index (χ4v) is 4.96. The Morgan fingerprint density at radius 2 is 1.68 bits per heavy atom. The number of rotatable bonds is 8. The van der Waals surface area contributed by atoms with Crippen LogP contribution in [0.15, 0.2) is 76.3 Å². The quantitative estimate of drug-likeness (QED) is 0.588. The maximum absolute atomic E-state index is 12.9. The van der Waals surface area contributed by atoms with E-state index in [4.69, 9.17) is 0 Å². The van der Waals surface area contributed by atoms with Crippen LogP contribution in [0.4, 0.5) is 5.69 Å². The second-order valence-electron chi connectivity index (χ2n) is 6.34. The van der Waals surface area contributed by atoms with Crippen molar-refractivity contribution in [2.24, 2.45) is 0 Å². The van der Waals surface area contributed by atoms with E-state index in [9.17, 15) is 13.2 Å². The summed E-state index contributed by atoms with van der Waals surface area (Å²) < 4.78 is 28.1. The summed E-state index contributed by atoms with van der Waals surface area (Å²) in [6.45, 7) is 2.06. The van der Waals surface area contributed by atoms with Gasteiger partial charge in [0.05, 0.1) is 0 Å². The molecule has 1 unspecified atom stereocenters. The van der Waals surface area contributed by atoms with Crippen molar-refractivity contribution in [1.29, 1.82) is 0 Å². The highest BCUT2D eigenvalue weighted by Gasteiger charge is 2.26. The maximum Gasteiger partial charge on any atom is 0.250 e. The number of hydrogen-bond acceptors (Lipinski definition) is 4. The van der Waals surface area contributed by atoms with Gasteiger partial charge in [-0.3, -0.25) is 4.79 Å². The molecule has 0 aliphatic rings. The average molecular weight is 415 g/mol. The first-order valence-corrected chi connectivity index (χ1v) is 11.3. The molecule has 146 valence electrons. The molecule has 1 amide bonds. The van der Waals surface area contributed by atoms with Crippen molar-refractivity contribution in [3.05, 3.63) is 83.2 Å². The van der Waals surface area contributed by atoms with Crippen molar-refractivity contribution in [2.75, 3.05) is 5.32 Å². The highest BCUT2D eigenvalue weighted by molar-refractivity contribution is 7.91. The Hall–Kier alpha value is -2.48. The van der Waals surface area contributed by atoms with Crippen LogP contribution in [0.3, 0.4) is 0 Å². The van der Waals surface area contributed by atoms with E-state index in [0.29, 0.717) is 5.69 Å². The summed E-state index contributed by atoms with van der Waals surface area (Å²) >= 11 is 1.12. The molecule has 1 heterocycles.